The number of fused-ring (bicyclic) bond motifs is 4. The maximum absolute atomic E-state index is 2.34. The van der Waals surface area contributed by atoms with Gasteiger partial charge in [-0.1, -0.05) is 84.9 Å². The van der Waals surface area contributed by atoms with Crippen molar-refractivity contribution in [2.75, 3.05) is 0 Å². The molecule has 0 radical (unpaired) electrons. The highest BCUT2D eigenvalue weighted by Crippen LogP contribution is 2.43. The zero-order chi connectivity index (χ0) is 26.8. The smallest absolute Gasteiger partial charge is 0.232 e. The van der Waals surface area contributed by atoms with Gasteiger partial charge in [0.25, 0.3) is 0 Å². The molecule has 8 rings (SSSR count). The van der Waals surface area contributed by atoms with Gasteiger partial charge in [0.2, 0.25) is 12.7 Å². The lowest BCUT2D eigenvalue weighted by molar-refractivity contribution is -0.645. The number of hydrogen-bond acceptors (Lipinski definition) is 0. The number of imidazole rings is 2. The van der Waals surface area contributed by atoms with Crippen molar-refractivity contribution in [1.29, 1.82) is 0 Å². The summed E-state index contributed by atoms with van der Waals surface area (Å²) in [6.45, 7) is 0. The van der Waals surface area contributed by atoms with Crippen molar-refractivity contribution in [1.82, 2.24) is 9.13 Å². The van der Waals surface area contributed by atoms with Crippen molar-refractivity contribution >= 4 is 43.6 Å². The zero-order valence-electron chi connectivity index (χ0n) is 22.5. The number of rotatable bonds is 3. The van der Waals surface area contributed by atoms with Crippen LogP contribution in [0.15, 0.2) is 134 Å². The van der Waals surface area contributed by atoms with Gasteiger partial charge in [0.05, 0.1) is 14.1 Å². The predicted octanol–water partition coefficient (Wildman–Crippen LogP) is 7.20. The van der Waals surface area contributed by atoms with E-state index in [0.29, 0.717) is 0 Å². The summed E-state index contributed by atoms with van der Waals surface area (Å²) in [6, 6.07) is 43.8. The Kier molecular flexibility index (Phi) is 4.92. The molecular weight excluding hydrogens is 488 g/mol. The first-order valence-electron chi connectivity index (χ1n) is 13.6. The van der Waals surface area contributed by atoms with E-state index in [9.17, 15) is 0 Å². The van der Waals surface area contributed by atoms with Gasteiger partial charge in [0.1, 0.15) is 11.4 Å². The lowest BCUT2D eigenvalue weighted by Crippen LogP contribution is -2.25. The molecule has 2 heterocycles. The van der Waals surface area contributed by atoms with Gasteiger partial charge in [-0.25, -0.2) is 9.13 Å². The summed E-state index contributed by atoms with van der Waals surface area (Å²) < 4.78 is 9.10. The molecule has 0 aliphatic heterocycles. The quantitative estimate of drug-likeness (QED) is 0.221. The summed E-state index contributed by atoms with van der Waals surface area (Å²) in [4.78, 5) is 0. The van der Waals surface area contributed by atoms with Gasteiger partial charge in [0, 0.05) is 11.1 Å². The molecule has 0 spiro atoms. The average Bonchev–Trinajstić information content (AvgIpc) is 3.52. The van der Waals surface area contributed by atoms with Gasteiger partial charge in [0.15, 0.2) is 22.1 Å². The molecule has 190 valence electrons. The fourth-order valence-corrected chi connectivity index (χ4v) is 6.36. The first-order chi connectivity index (χ1) is 19.7. The van der Waals surface area contributed by atoms with Gasteiger partial charge in [-0.05, 0) is 57.9 Å². The van der Waals surface area contributed by atoms with E-state index in [0.717, 1.165) is 11.4 Å². The van der Waals surface area contributed by atoms with Gasteiger partial charge < -0.3 is 0 Å². The average molecular weight is 517 g/mol. The first-order valence-corrected chi connectivity index (χ1v) is 13.6. The molecule has 8 aromatic rings. The van der Waals surface area contributed by atoms with Crippen molar-refractivity contribution in [3.05, 3.63) is 134 Å². The molecule has 0 fully saturated rings. The lowest BCUT2D eigenvalue weighted by Gasteiger charge is -2.16. The Labute approximate surface area is 232 Å². The normalized spacial score (nSPS) is 11.8. The van der Waals surface area contributed by atoms with Crippen LogP contribution >= 0.6 is 0 Å². The van der Waals surface area contributed by atoms with Crippen molar-refractivity contribution in [2.45, 2.75) is 0 Å². The van der Waals surface area contributed by atoms with Crippen LogP contribution in [0.4, 0.5) is 0 Å². The zero-order valence-corrected chi connectivity index (χ0v) is 22.5. The molecule has 0 bridgehead atoms. The number of hydrogen-bond donors (Lipinski definition) is 0. The topological polar surface area (TPSA) is 17.6 Å². The Morgan fingerprint density at radius 3 is 1.30 bits per heavy atom. The summed E-state index contributed by atoms with van der Waals surface area (Å²) in [7, 11) is 4.24. The van der Waals surface area contributed by atoms with Gasteiger partial charge >= 0.3 is 0 Å². The molecule has 0 aliphatic carbocycles. The second-order valence-corrected chi connectivity index (χ2v) is 10.5. The fourth-order valence-electron chi connectivity index (χ4n) is 6.36. The van der Waals surface area contributed by atoms with E-state index >= 15 is 0 Å². The number of para-hydroxylation sites is 4. The first kappa shape index (κ1) is 22.7. The Bertz CT molecular complexity index is 2090. The van der Waals surface area contributed by atoms with Crippen LogP contribution in [0.1, 0.15) is 0 Å². The number of nitrogens with zero attached hydrogens (tertiary/aromatic N) is 4. The maximum Gasteiger partial charge on any atom is 0.249 e. The molecule has 4 nitrogen and oxygen atoms in total. The minimum Gasteiger partial charge on any atom is -0.232 e. The summed E-state index contributed by atoms with van der Waals surface area (Å²) in [5, 5.41) is 4.92. The Balaban J connectivity index is 1.58. The third-order valence-electron chi connectivity index (χ3n) is 8.20. The molecule has 0 saturated carbocycles. The molecule has 0 aliphatic rings. The maximum atomic E-state index is 2.34. The summed E-state index contributed by atoms with van der Waals surface area (Å²) in [5.74, 6) is 0. The summed E-state index contributed by atoms with van der Waals surface area (Å²) in [5.41, 5.74) is 9.54. The molecule has 0 saturated heterocycles. The second kappa shape index (κ2) is 8.65. The van der Waals surface area contributed by atoms with Gasteiger partial charge in [-0.15, -0.1) is 0 Å². The minimum absolute atomic E-state index is 1.16. The van der Waals surface area contributed by atoms with Crippen LogP contribution in [-0.2, 0) is 14.1 Å². The monoisotopic (exact) mass is 516 g/mol. The van der Waals surface area contributed by atoms with E-state index in [1.54, 1.807) is 0 Å². The summed E-state index contributed by atoms with van der Waals surface area (Å²) in [6.07, 6.45) is 4.41. The Hall–Kier alpha value is -5.22. The summed E-state index contributed by atoms with van der Waals surface area (Å²) >= 11 is 0. The number of aryl methyl sites for hydroxylation is 2. The number of benzene rings is 6. The molecule has 6 aromatic carbocycles. The Morgan fingerprint density at radius 2 is 0.825 bits per heavy atom. The van der Waals surface area contributed by atoms with E-state index in [4.69, 9.17) is 0 Å². The van der Waals surface area contributed by atoms with Crippen LogP contribution in [0, 0.1) is 0 Å². The van der Waals surface area contributed by atoms with E-state index < -0.39 is 0 Å². The highest BCUT2D eigenvalue weighted by Gasteiger charge is 2.27. The molecule has 0 unspecified atom stereocenters. The van der Waals surface area contributed by atoms with E-state index in [1.807, 2.05) is 0 Å². The van der Waals surface area contributed by atoms with E-state index in [2.05, 4.69) is 166 Å². The highest BCUT2D eigenvalue weighted by molar-refractivity contribution is 6.11. The van der Waals surface area contributed by atoms with Crippen molar-refractivity contribution in [2.24, 2.45) is 14.1 Å². The van der Waals surface area contributed by atoms with Crippen LogP contribution in [-0.4, -0.2) is 9.13 Å². The second-order valence-electron chi connectivity index (χ2n) is 10.5. The van der Waals surface area contributed by atoms with E-state index in [1.165, 1.54) is 54.7 Å². The minimum atomic E-state index is 1.16. The molecule has 4 heteroatoms. The molecular formula is C36H28N4+2. The largest absolute Gasteiger partial charge is 0.249 e. The van der Waals surface area contributed by atoms with Crippen LogP contribution in [0.2, 0.25) is 0 Å². The molecule has 0 atom stereocenters. The van der Waals surface area contributed by atoms with Crippen molar-refractivity contribution in [3.8, 4) is 22.5 Å². The third kappa shape index (κ3) is 3.26. The van der Waals surface area contributed by atoms with Crippen LogP contribution in [0.3, 0.4) is 0 Å². The molecule has 40 heavy (non-hydrogen) atoms. The van der Waals surface area contributed by atoms with Gasteiger partial charge in [-0.2, -0.15) is 9.13 Å². The Morgan fingerprint density at radius 1 is 0.425 bits per heavy atom. The van der Waals surface area contributed by atoms with Crippen LogP contribution in [0.5, 0.6) is 0 Å². The predicted molar refractivity (Wildman–Crippen MR) is 163 cm³/mol. The molecule has 0 amide bonds. The highest BCUT2D eigenvalue weighted by atomic mass is 15.1. The van der Waals surface area contributed by atoms with Gasteiger partial charge in [-0.3, -0.25) is 0 Å². The molecule has 0 N–H and O–H groups in total. The fraction of sp³-hybridized carbons (Fsp3) is 0.0556. The van der Waals surface area contributed by atoms with Crippen LogP contribution < -0.4 is 9.13 Å². The SMILES string of the molecule is C[n+]1cn(-c2ccc3ccccc3c2-c2c(-n3c[n+](C)c4ccccc43)ccc3ccccc23)c2ccccc21. The third-order valence-corrected chi connectivity index (χ3v) is 8.20. The van der Waals surface area contributed by atoms with Crippen LogP contribution in [0.25, 0.3) is 66.1 Å². The molecule has 2 aromatic heterocycles. The van der Waals surface area contributed by atoms with Crippen molar-refractivity contribution in [3.63, 3.8) is 0 Å². The van der Waals surface area contributed by atoms with Crippen molar-refractivity contribution < 1.29 is 9.13 Å². The van der Waals surface area contributed by atoms with E-state index in [-0.39, 0.29) is 0 Å². The lowest BCUT2D eigenvalue weighted by atomic mass is 9.90. The number of aromatic nitrogens is 4. The standard InChI is InChI=1S/C36H28N4/c1-37-23-39(31-17-9-7-15-29(31)37)33-21-19-25-11-3-5-13-27(25)35(33)36-28-14-6-4-12-26(28)20-22-34(36)40-24-38(2)30-16-8-10-18-32(30)40/h3-24H,1-2H3/q+2.